The van der Waals surface area contributed by atoms with Crippen molar-refractivity contribution < 1.29 is 4.42 Å². The molecule has 1 aromatic heterocycles. The van der Waals surface area contributed by atoms with Crippen LogP contribution in [0.4, 0.5) is 17.1 Å². The lowest BCUT2D eigenvalue weighted by molar-refractivity contribution is 0.673. The molecule has 0 radical (unpaired) electrons. The molecule has 1 aliphatic rings. The van der Waals surface area contributed by atoms with Gasteiger partial charge in [-0.05, 0) is 126 Å². The third-order valence-electron chi connectivity index (χ3n) is 14.2. The fraction of sp³-hybridized carbons (Fsp3) is 0.0448. The summed E-state index contributed by atoms with van der Waals surface area (Å²) in [5, 5.41) is 9.48. The van der Waals surface area contributed by atoms with E-state index in [2.05, 4.69) is 261 Å². The van der Waals surface area contributed by atoms with Crippen LogP contribution < -0.4 is 4.90 Å². The van der Waals surface area contributed by atoms with E-state index in [-0.39, 0.29) is 0 Å². The van der Waals surface area contributed by atoms with Crippen LogP contribution in [0.25, 0.3) is 104 Å². The highest BCUT2D eigenvalue weighted by atomic mass is 16.3. The number of fused-ring (bicyclic) bond motifs is 8. The lowest BCUT2D eigenvalue weighted by Gasteiger charge is -2.31. The van der Waals surface area contributed by atoms with Crippen molar-refractivity contribution in [1.82, 2.24) is 0 Å². The summed E-state index contributed by atoms with van der Waals surface area (Å²) >= 11 is 0. The van der Waals surface area contributed by atoms with Gasteiger partial charge in [0.15, 0.2) is 0 Å². The topological polar surface area (TPSA) is 16.4 Å². The highest BCUT2D eigenvalue weighted by molar-refractivity contribution is 6.20. The van der Waals surface area contributed by atoms with Crippen molar-refractivity contribution in [3.8, 4) is 44.5 Å². The van der Waals surface area contributed by atoms with Gasteiger partial charge < -0.3 is 9.32 Å². The molecular weight excluding hydrogens is 835 g/mol. The van der Waals surface area contributed by atoms with Crippen LogP contribution >= 0.6 is 0 Å². The van der Waals surface area contributed by atoms with Crippen molar-refractivity contribution in [2.24, 2.45) is 5.92 Å². The molecule has 0 amide bonds. The van der Waals surface area contributed by atoms with E-state index in [9.17, 15) is 0 Å². The van der Waals surface area contributed by atoms with Crippen molar-refractivity contribution in [1.29, 1.82) is 0 Å². The number of allylic oxidation sites excluding steroid dienone is 4. The number of rotatable bonds is 8. The van der Waals surface area contributed by atoms with Gasteiger partial charge in [-0.15, -0.1) is 0 Å². The van der Waals surface area contributed by atoms with Crippen molar-refractivity contribution in [3.63, 3.8) is 0 Å². The molecule has 12 aromatic rings. The van der Waals surface area contributed by atoms with E-state index in [1.54, 1.807) is 0 Å². The number of para-hydroxylation sites is 1. The SMILES string of the molecule is CC1C=CC=C(c2cccc(-c3ccc(N(c4cc(-c5cccc6c5ccc5ccccc56)ccc4-c4ccccc4)c4ccccc4-c4cccc5oc6c7ccccc7ccc6c45)cc3)c2)C1. The third kappa shape index (κ3) is 7.12. The molecule has 13 rings (SSSR count). The first-order valence-electron chi connectivity index (χ1n) is 24.0. The zero-order valence-corrected chi connectivity index (χ0v) is 38.3. The first kappa shape index (κ1) is 40.5. The maximum atomic E-state index is 6.79. The predicted molar refractivity (Wildman–Crippen MR) is 294 cm³/mol. The van der Waals surface area contributed by atoms with E-state index >= 15 is 0 Å². The maximum absolute atomic E-state index is 6.79. The summed E-state index contributed by atoms with van der Waals surface area (Å²) in [7, 11) is 0. The second kappa shape index (κ2) is 16.9. The number of nitrogens with zero attached hydrogens (tertiary/aromatic N) is 1. The Morgan fingerprint density at radius 1 is 0.406 bits per heavy atom. The Kier molecular flexibility index (Phi) is 9.91. The lowest BCUT2D eigenvalue weighted by atomic mass is 9.90. The van der Waals surface area contributed by atoms with E-state index in [0.29, 0.717) is 5.92 Å². The number of furan rings is 1. The largest absolute Gasteiger partial charge is 0.455 e. The van der Waals surface area contributed by atoms with Gasteiger partial charge in [-0.25, -0.2) is 0 Å². The van der Waals surface area contributed by atoms with Crippen LogP contribution in [0.2, 0.25) is 0 Å². The van der Waals surface area contributed by atoms with Gasteiger partial charge in [0.2, 0.25) is 0 Å². The molecule has 0 fully saturated rings. The number of hydrogen-bond acceptors (Lipinski definition) is 2. The number of hydrogen-bond donors (Lipinski definition) is 0. The second-order valence-corrected chi connectivity index (χ2v) is 18.5. The van der Waals surface area contributed by atoms with Gasteiger partial charge in [0.05, 0.1) is 11.4 Å². The van der Waals surface area contributed by atoms with Crippen LogP contribution in [0.1, 0.15) is 18.9 Å². The Morgan fingerprint density at radius 3 is 1.91 bits per heavy atom. The molecule has 2 nitrogen and oxygen atoms in total. The zero-order chi connectivity index (χ0) is 45.8. The van der Waals surface area contributed by atoms with Crippen molar-refractivity contribution in [2.45, 2.75) is 13.3 Å². The molecule has 11 aromatic carbocycles. The van der Waals surface area contributed by atoms with Gasteiger partial charge in [0.25, 0.3) is 0 Å². The Hall–Kier alpha value is -8.72. The van der Waals surface area contributed by atoms with Gasteiger partial charge in [0, 0.05) is 33.0 Å². The lowest BCUT2D eigenvalue weighted by Crippen LogP contribution is -2.13. The first-order valence-corrected chi connectivity index (χ1v) is 24.0. The molecule has 69 heavy (non-hydrogen) atoms. The molecule has 0 aliphatic heterocycles. The Labute approximate surface area is 402 Å². The molecule has 1 aliphatic carbocycles. The second-order valence-electron chi connectivity index (χ2n) is 18.5. The van der Waals surface area contributed by atoms with Gasteiger partial charge in [-0.2, -0.15) is 0 Å². The van der Waals surface area contributed by atoms with Crippen LogP contribution in [0.15, 0.2) is 253 Å². The summed E-state index contributed by atoms with van der Waals surface area (Å²) in [5.74, 6) is 0.528. The van der Waals surface area contributed by atoms with Gasteiger partial charge >= 0.3 is 0 Å². The molecule has 1 heterocycles. The molecule has 0 saturated carbocycles. The predicted octanol–water partition coefficient (Wildman–Crippen LogP) is 19.2. The summed E-state index contributed by atoms with van der Waals surface area (Å²) in [6.07, 6.45) is 7.81. The molecule has 0 N–H and O–H groups in total. The monoisotopic (exact) mass is 881 g/mol. The fourth-order valence-corrected chi connectivity index (χ4v) is 10.9. The summed E-state index contributed by atoms with van der Waals surface area (Å²) in [5.41, 5.74) is 16.9. The van der Waals surface area contributed by atoms with Gasteiger partial charge in [0.1, 0.15) is 11.2 Å². The summed E-state index contributed by atoms with van der Waals surface area (Å²) in [4.78, 5) is 2.49. The zero-order valence-electron chi connectivity index (χ0n) is 38.3. The minimum absolute atomic E-state index is 0.528. The maximum Gasteiger partial charge on any atom is 0.143 e. The van der Waals surface area contributed by atoms with Crippen LogP contribution in [-0.4, -0.2) is 0 Å². The average Bonchev–Trinajstić information content (AvgIpc) is 3.81. The van der Waals surface area contributed by atoms with Crippen molar-refractivity contribution >= 4 is 76.9 Å². The number of benzene rings is 11. The normalized spacial score (nSPS) is 13.7. The van der Waals surface area contributed by atoms with Crippen molar-refractivity contribution in [3.05, 3.63) is 254 Å². The molecule has 0 spiro atoms. The quantitative estimate of drug-likeness (QED) is 0.141. The van der Waals surface area contributed by atoms with Crippen LogP contribution in [0, 0.1) is 5.92 Å². The highest BCUT2D eigenvalue weighted by Gasteiger charge is 2.24. The van der Waals surface area contributed by atoms with Crippen LogP contribution in [0.5, 0.6) is 0 Å². The molecule has 326 valence electrons. The molecule has 0 saturated heterocycles. The van der Waals surface area contributed by atoms with E-state index in [0.717, 1.165) is 84.0 Å². The molecule has 1 atom stereocenters. The molecule has 1 unspecified atom stereocenters. The van der Waals surface area contributed by atoms with Gasteiger partial charge in [-0.3, -0.25) is 0 Å². The average molecular weight is 882 g/mol. The summed E-state index contributed by atoms with van der Waals surface area (Å²) in [6, 6.07) is 84.4. The first-order chi connectivity index (χ1) is 34.1. The minimum Gasteiger partial charge on any atom is -0.455 e. The fourth-order valence-electron chi connectivity index (χ4n) is 10.9. The van der Waals surface area contributed by atoms with Gasteiger partial charge in [-0.1, -0.05) is 213 Å². The van der Waals surface area contributed by atoms with E-state index < -0.39 is 0 Å². The van der Waals surface area contributed by atoms with Crippen molar-refractivity contribution in [2.75, 3.05) is 4.90 Å². The number of anilines is 3. The van der Waals surface area contributed by atoms with E-state index in [1.165, 1.54) is 49.4 Å². The third-order valence-corrected chi connectivity index (χ3v) is 14.2. The highest BCUT2D eigenvalue weighted by Crippen LogP contribution is 2.49. The molecular formula is C67H47NO. The van der Waals surface area contributed by atoms with Crippen LogP contribution in [-0.2, 0) is 0 Å². The summed E-state index contributed by atoms with van der Waals surface area (Å²) in [6.45, 7) is 2.29. The smallest absolute Gasteiger partial charge is 0.143 e. The Bertz CT molecular complexity index is 4000. The Balaban J connectivity index is 1.04. The van der Waals surface area contributed by atoms with E-state index in [4.69, 9.17) is 4.42 Å². The summed E-state index contributed by atoms with van der Waals surface area (Å²) < 4.78 is 6.79. The van der Waals surface area contributed by atoms with E-state index in [1.807, 2.05) is 0 Å². The minimum atomic E-state index is 0.528. The van der Waals surface area contributed by atoms with Crippen LogP contribution in [0.3, 0.4) is 0 Å². The molecule has 0 bridgehead atoms. The Morgan fingerprint density at radius 2 is 1.06 bits per heavy atom. The standard InChI is InChI=1S/C67H47NO/c1-44-15-11-20-49(41-44)51-22-12-21-50(42-51)45-31-36-53(37-32-45)68(63-29-10-9-25-60(63)61-28-14-30-65-66(61)62-40-34-48-19-6-8-24-57(48)67(62)69-65)64-43-52(35-38-56(64)46-16-3-2-4-17-46)55-26-13-27-58-54-23-7-5-18-47(54)33-39-59(55)58/h2-40,42-44H,41H2,1H3. The molecule has 2 heteroatoms.